The van der Waals surface area contributed by atoms with Crippen LogP contribution in [0.2, 0.25) is 0 Å². The Morgan fingerprint density at radius 2 is 1.82 bits per heavy atom. The molecule has 1 saturated carbocycles. The summed E-state index contributed by atoms with van der Waals surface area (Å²) in [4.78, 5) is 12.4. The molecule has 3 nitrogen and oxygen atoms in total. The maximum atomic E-state index is 12.4. The summed E-state index contributed by atoms with van der Waals surface area (Å²) in [5.74, 6) is 0.728. The van der Waals surface area contributed by atoms with Gasteiger partial charge in [-0.2, -0.15) is 0 Å². The number of rotatable bonds is 5. The lowest BCUT2D eigenvalue weighted by Crippen LogP contribution is -2.43. The van der Waals surface area contributed by atoms with Gasteiger partial charge in [-0.05, 0) is 31.0 Å². The molecule has 1 aliphatic carbocycles. The van der Waals surface area contributed by atoms with E-state index in [1.807, 2.05) is 18.2 Å². The van der Waals surface area contributed by atoms with Crippen molar-refractivity contribution in [2.24, 2.45) is 5.92 Å². The van der Waals surface area contributed by atoms with Crippen LogP contribution in [0.5, 0.6) is 0 Å². The van der Waals surface area contributed by atoms with Gasteiger partial charge in [-0.25, -0.2) is 0 Å². The van der Waals surface area contributed by atoms with Gasteiger partial charge in [0.15, 0.2) is 0 Å². The number of carbonyl (C=O) groups excluding carboxylic acids is 1. The highest BCUT2D eigenvalue weighted by molar-refractivity contribution is 5.70. The predicted molar refractivity (Wildman–Crippen MR) is 87.5 cm³/mol. The minimum absolute atomic E-state index is 0.0161. The highest BCUT2D eigenvalue weighted by Gasteiger charge is 2.37. The lowest BCUT2D eigenvalue weighted by atomic mass is 9.84. The number of carbonyl (C=O) groups is 1. The van der Waals surface area contributed by atoms with Crippen LogP contribution in [-0.2, 0) is 15.1 Å². The molecule has 1 aromatic carbocycles. The van der Waals surface area contributed by atoms with E-state index in [4.69, 9.17) is 4.74 Å². The maximum Gasteiger partial charge on any atom is 0.306 e. The lowest BCUT2D eigenvalue weighted by molar-refractivity contribution is -0.164. The van der Waals surface area contributed by atoms with Crippen molar-refractivity contribution in [1.29, 1.82) is 0 Å². The van der Waals surface area contributed by atoms with Gasteiger partial charge in [0.05, 0.1) is 0 Å². The molecule has 1 aliphatic heterocycles. The summed E-state index contributed by atoms with van der Waals surface area (Å²) in [6.07, 6.45) is 8.56. The van der Waals surface area contributed by atoms with Crippen LogP contribution in [0.3, 0.4) is 0 Å². The van der Waals surface area contributed by atoms with Gasteiger partial charge in [0, 0.05) is 19.3 Å². The van der Waals surface area contributed by atoms with Gasteiger partial charge in [-0.15, -0.1) is 0 Å². The highest BCUT2D eigenvalue weighted by atomic mass is 16.6. The predicted octanol–water partition coefficient (Wildman–Crippen LogP) is 3.78. The molecule has 0 amide bonds. The summed E-state index contributed by atoms with van der Waals surface area (Å²) in [7, 11) is 0. The first-order chi connectivity index (χ1) is 10.8. The highest BCUT2D eigenvalue weighted by Crippen LogP contribution is 2.36. The third-order valence-electron chi connectivity index (χ3n) is 5.25. The third kappa shape index (κ3) is 3.70. The molecule has 2 fully saturated rings. The molecular formula is C19H27NO2. The van der Waals surface area contributed by atoms with Crippen LogP contribution in [-0.4, -0.2) is 19.1 Å². The molecule has 0 radical (unpaired) electrons. The molecule has 0 aromatic heterocycles. The average Bonchev–Trinajstić information content (AvgIpc) is 3.08. The first-order valence-corrected chi connectivity index (χ1v) is 8.77. The normalized spacial score (nSPS) is 21.6. The quantitative estimate of drug-likeness (QED) is 0.841. The summed E-state index contributed by atoms with van der Waals surface area (Å²) < 4.78 is 6.05. The van der Waals surface area contributed by atoms with Crippen molar-refractivity contribution in [3.63, 3.8) is 0 Å². The first kappa shape index (κ1) is 15.5. The van der Waals surface area contributed by atoms with Crippen molar-refractivity contribution in [3.8, 4) is 0 Å². The number of benzene rings is 1. The van der Waals surface area contributed by atoms with Crippen molar-refractivity contribution in [2.75, 3.05) is 13.1 Å². The maximum absolute atomic E-state index is 12.4. The molecule has 0 spiro atoms. The molecule has 0 unspecified atom stereocenters. The van der Waals surface area contributed by atoms with Gasteiger partial charge in [0.1, 0.15) is 5.60 Å². The molecule has 22 heavy (non-hydrogen) atoms. The molecule has 3 heteroatoms. The van der Waals surface area contributed by atoms with Crippen LogP contribution in [0.15, 0.2) is 30.3 Å². The smallest absolute Gasteiger partial charge is 0.306 e. The van der Waals surface area contributed by atoms with Crippen molar-refractivity contribution < 1.29 is 9.53 Å². The van der Waals surface area contributed by atoms with E-state index in [9.17, 15) is 4.79 Å². The van der Waals surface area contributed by atoms with Crippen LogP contribution >= 0.6 is 0 Å². The number of esters is 1. The third-order valence-corrected chi connectivity index (χ3v) is 5.25. The Kier molecular flexibility index (Phi) is 5.14. The topological polar surface area (TPSA) is 38.3 Å². The Hall–Kier alpha value is -1.35. The number of hydrogen-bond acceptors (Lipinski definition) is 3. The van der Waals surface area contributed by atoms with Crippen LogP contribution in [0.1, 0.15) is 56.9 Å². The second kappa shape index (κ2) is 7.28. The fourth-order valence-corrected chi connectivity index (χ4v) is 3.91. The van der Waals surface area contributed by atoms with Gasteiger partial charge in [-0.1, -0.05) is 56.0 Å². The zero-order valence-corrected chi connectivity index (χ0v) is 13.4. The second-order valence-electron chi connectivity index (χ2n) is 6.77. The van der Waals surface area contributed by atoms with Crippen LogP contribution in [0.25, 0.3) is 0 Å². The summed E-state index contributed by atoms with van der Waals surface area (Å²) in [5.41, 5.74) is 0.727. The van der Waals surface area contributed by atoms with Crippen molar-refractivity contribution in [2.45, 2.75) is 57.0 Å². The van der Waals surface area contributed by atoms with Gasteiger partial charge in [-0.3, -0.25) is 4.79 Å². The zero-order valence-electron chi connectivity index (χ0n) is 13.4. The van der Waals surface area contributed by atoms with Crippen molar-refractivity contribution >= 4 is 5.97 Å². The summed E-state index contributed by atoms with van der Waals surface area (Å²) in [6, 6.07) is 10.3. The molecule has 2 aliphatic rings. The number of piperidine rings is 1. The number of nitrogens with one attached hydrogen (secondary N) is 1. The molecule has 1 N–H and O–H groups in total. The average molecular weight is 301 g/mol. The Balaban J connectivity index is 1.63. The number of hydrogen-bond donors (Lipinski definition) is 1. The second-order valence-corrected chi connectivity index (χ2v) is 6.77. The molecule has 1 heterocycles. The van der Waals surface area contributed by atoms with Gasteiger partial charge in [0.2, 0.25) is 0 Å². The van der Waals surface area contributed by atoms with E-state index in [0.29, 0.717) is 6.42 Å². The fourth-order valence-electron chi connectivity index (χ4n) is 3.91. The summed E-state index contributed by atoms with van der Waals surface area (Å²) in [5, 5.41) is 3.37. The van der Waals surface area contributed by atoms with Gasteiger partial charge in [0.25, 0.3) is 0 Å². The Morgan fingerprint density at radius 1 is 1.14 bits per heavy atom. The lowest BCUT2D eigenvalue weighted by Gasteiger charge is -2.37. The van der Waals surface area contributed by atoms with E-state index in [2.05, 4.69) is 17.4 Å². The Morgan fingerprint density at radius 3 is 2.50 bits per heavy atom. The van der Waals surface area contributed by atoms with Crippen LogP contribution < -0.4 is 5.32 Å². The monoisotopic (exact) mass is 301 g/mol. The van der Waals surface area contributed by atoms with E-state index in [1.165, 1.54) is 25.7 Å². The van der Waals surface area contributed by atoms with Crippen LogP contribution in [0, 0.1) is 5.92 Å². The Labute approximate surface area is 133 Å². The molecule has 0 bridgehead atoms. The summed E-state index contributed by atoms with van der Waals surface area (Å²) >= 11 is 0. The summed E-state index contributed by atoms with van der Waals surface area (Å²) in [6.45, 7) is 1.82. The molecular weight excluding hydrogens is 274 g/mol. The van der Waals surface area contributed by atoms with E-state index in [-0.39, 0.29) is 5.97 Å². The van der Waals surface area contributed by atoms with Crippen LogP contribution in [0.4, 0.5) is 0 Å². The number of ether oxygens (including phenoxy) is 1. The van der Waals surface area contributed by atoms with Crippen molar-refractivity contribution in [1.82, 2.24) is 5.32 Å². The molecule has 0 atom stereocenters. The van der Waals surface area contributed by atoms with Crippen molar-refractivity contribution in [3.05, 3.63) is 35.9 Å². The molecule has 1 saturated heterocycles. The Bertz CT molecular complexity index is 473. The molecule has 3 rings (SSSR count). The fraction of sp³-hybridized carbons (Fsp3) is 0.632. The minimum atomic E-state index is -0.417. The minimum Gasteiger partial charge on any atom is -0.454 e. The largest absolute Gasteiger partial charge is 0.454 e. The molecule has 120 valence electrons. The molecule has 1 aromatic rings. The van der Waals surface area contributed by atoms with E-state index in [0.717, 1.165) is 43.8 Å². The van der Waals surface area contributed by atoms with E-state index < -0.39 is 5.60 Å². The zero-order chi connectivity index (χ0) is 15.3. The SMILES string of the molecule is O=C(CCC1CCCC1)OC1(c2ccccc2)CCNCC1. The van der Waals surface area contributed by atoms with E-state index >= 15 is 0 Å². The van der Waals surface area contributed by atoms with E-state index in [1.54, 1.807) is 0 Å². The van der Waals surface area contributed by atoms with Gasteiger partial charge < -0.3 is 10.1 Å². The first-order valence-electron chi connectivity index (χ1n) is 8.77. The van der Waals surface area contributed by atoms with Gasteiger partial charge >= 0.3 is 5.97 Å². The standard InChI is InChI=1S/C19H27NO2/c21-18(11-10-16-6-4-5-7-16)22-19(12-14-20-15-13-19)17-8-2-1-3-9-17/h1-3,8-9,16,20H,4-7,10-15H2.